The zero-order valence-electron chi connectivity index (χ0n) is 8.17. The first kappa shape index (κ1) is 10.1. The van der Waals surface area contributed by atoms with Crippen molar-refractivity contribution in [3.05, 3.63) is 12.2 Å². The Labute approximate surface area is 86.4 Å². The Balaban J connectivity index is 2.07. The normalized spacial score (nSPS) is 25.7. The number of carbonyl (C=O) groups excluding carboxylic acids is 1. The molecule has 0 unspecified atom stereocenters. The highest BCUT2D eigenvalue weighted by Crippen LogP contribution is 2.26. The van der Waals surface area contributed by atoms with Crippen molar-refractivity contribution in [2.75, 3.05) is 6.54 Å². The van der Waals surface area contributed by atoms with Gasteiger partial charge in [-0.25, -0.2) is 9.67 Å². The van der Waals surface area contributed by atoms with Crippen LogP contribution in [-0.2, 0) is 4.74 Å². The Bertz CT molecular complexity index is 364. The largest absolute Gasteiger partial charge is 0.363 e. The molecule has 2 rings (SSSR count). The Hall–Kier alpha value is -1.47. The number of nitrogens with zero attached hydrogens (tertiary/aromatic N) is 3. The van der Waals surface area contributed by atoms with E-state index in [1.165, 1.54) is 11.0 Å². The topological polar surface area (TPSA) is 109 Å². The first-order valence-corrected chi connectivity index (χ1v) is 4.77. The van der Waals surface area contributed by atoms with Gasteiger partial charge >= 0.3 is 0 Å². The SMILES string of the molecule is NC[C@@H]1CC[C@H](n2cnc(C(N)=O)n2)O1. The van der Waals surface area contributed by atoms with E-state index in [-0.39, 0.29) is 18.2 Å². The maximum Gasteiger partial charge on any atom is 0.288 e. The number of hydrogen-bond donors (Lipinski definition) is 2. The van der Waals surface area contributed by atoms with Crippen molar-refractivity contribution in [3.8, 4) is 0 Å². The number of ether oxygens (including phenoxy) is 1. The minimum absolute atomic E-state index is 0.00907. The fraction of sp³-hybridized carbons (Fsp3) is 0.625. The van der Waals surface area contributed by atoms with Crippen LogP contribution in [0.3, 0.4) is 0 Å². The van der Waals surface area contributed by atoms with E-state index in [4.69, 9.17) is 16.2 Å². The van der Waals surface area contributed by atoms with Crippen LogP contribution in [-0.4, -0.2) is 33.3 Å². The van der Waals surface area contributed by atoms with Gasteiger partial charge in [0.05, 0.1) is 6.10 Å². The van der Waals surface area contributed by atoms with E-state index in [0.29, 0.717) is 6.54 Å². The van der Waals surface area contributed by atoms with Gasteiger partial charge in [0.15, 0.2) is 6.23 Å². The monoisotopic (exact) mass is 211 g/mol. The molecule has 0 spiro atoms. The van der Waals surface area contributed by atoms with Gasteiger partial charge in [-0.3, -0.25) is 4.79 Å². The van der Waals surface area contributed by atoms with Gasteiger partial charge in [-0.05, 0) is 12.8 Å². The van der Waals surface area contributed by atoms with E-state index >= 15 is 0 Å². The maximum atomic E-state index is 10.8. The van der Waals surface area contributed by atoms with Crippen molar-refractivity contribution in [1.82, 2.24) is 14.8 Å². The predicted molar refractivity (Wildman–Crippen MR) is 50.7 cm³/mol. The summed E-state index contributed by atoms with van der Waals surface area (Å²) >= 11 is 0. The summed E-state index contributed by atoms with van der Waals surface area (Å²) in [6.07, 6.45) is 3.05. The third-order valence-electron chi connectivity index (χ3n) is 2.37. The van der Waals surface area contributed by atoms with Crippen LogP contribution in [0.15, 0.2) is 6.33 Å². The summed E-state index contributed by atoms with van der Waals surface area (Å²) in [5, 5.41) is 3.93. The van der Waals surface area contributed by atoms with Crippen LogP contribution in [0.5, 0.6) is 0 Å². The maximum absolute atomic E-state index is 10.8. The Kier molecular flexibility index (Phi) is 2.65. The molecule has 1 fully saturated rings. The highest BCUT2D eigenvalue weighted by molar-refractivity contribution is 5.88. The Morgan fingerprint density at radius 3 is 3.00 bits per heavy atom. The minimum Gasteiger partial charge on any atom is -0.363 e. The molecule has 1 amide bonds. The van der Waals surface area contributed by atoms with Crippen LogP contribution in [0.25, 0.3) is 0 Å². The quantitative estimate of drug-likeness (QED) is 0.667. The average molecular weight is 211 g/mol. The van der Waals surface area contributed by atoms with Gasteiger partial charge < -0.3 is 16.2 Å². The lowest BCUT2D eigenvalue weighted by Gasteiger charge is -2.11. The molecule has 0 aromatic carbocycles. The first-order chi connectivity index (χ1) is 7.20. The molecule has 0 radical (unpaired) electrons. The summed E-state index contributed by atoms with van der Waals surface area (Å²) in [5.41, 5.74) is 10.5. The molecular formula is C8H13N5O2. The second kappa shape index (κ2) is 3.95. The second-order valence-electron chi connectivity index (χ2n) is 3.44. The molecule has 82 valence electrons. The van der Waals surface area contributed by atoms with Crippen molar-refractivity contribution in [2.45, 2.75) is 25.2 Å². The summed E-state index contributed by atoms with van der Waals surface area (Å²) in [6.45, 7) is 0.494. The van der Waals surface area contributed by atoms with Crippen molar-refractivity contribution in [2.24, 2.45) is 11.5 Å². The number of primary amides is 1. The molecule has 15 heavy (non-hydrogen) atoms. The van der Waals surface area contributed by atoms with E-state index in [1.54, 1.807) is 0 Å². The number of rotatable bonds is 3. The number of aromatic nitrogens is 3. The molecule has 1 aromatic heterocycles. The van der Waals surface area contributed by atoms with Crippen LogP contribution < -0.4 is 11.5 Å². The molecule has 0 bridgehead atoms. The van der Waals surface area contributed by atoms with Crippen LogP contribution in [0, 0.1) is 0 Å². The number of nitrogens with two attached hydrogens (primary N) is 2. The Morgan fingerprint density at radius 2 is 2.47 bits per heavy atom. The smallest absolute Gasteiger partial charge is 0.288 e. The molecule has 1 aromatic rings. The first-order valence-electron chi connectivity index (χ1n) is 4.77. The third-order valence-corrected chi connectivity index (χ3v) is 2.37. The average Bonchev–Trinajstić information content (AvgIpc) is 2.86. The highest BCUT2D eigenvalue weighted by Gasteiger charge is 2.26. The fourth-order valence-corrected chi connectivity index (χ4v) is 1.58. The molecule has 7 nitrogen and oxygen atoms in total. The van der Waals surface area contributed by atoms with Crippen molar-refractivity contribution in [1.29, 1.82) is 0 Å². The zero-order chi connectivity index (χ0) is 10.8. The van der Waals surface area contributed by atoms with Crippen molar-refractivity contribution < 1.29 is 9.53 Å². The molecule has 4 N–H and O–H groups in total. The van der Waals surface area contributed by atoms with Gasteiger partial charge in [0.1, 0.15) is 6.33 Å². The minimum atomic E-state index is -0.637. The van der Waals surface area contributed by atoms with E-state index in [0.717, 1.165) is 12.8 Å². The van der Waals surface area contributed by atoms with Gasteiger partial charge in [-0.1, -0.05) is 0 Å². The molecule has 7 heteroatoms. The number of hydrogen-bond acceptors (Lipinski definition) is 5. The van der Waals surface area contributed by atoms with Gasteiger partial charge in [-0.15, -0.1) is 5.10 Å². The summed E-state index contributed by atoms with van der Waals surface area (Å²) in [5.74, 6) is -0.628. The van der Waals surface area contributed by atoms with Crippen LogP contribution in [0.4, 0.5) is 0 Å². The van der Waals surface area contributed by atoms with Crippen molar-refractivity contribution in [3.63, 3.8) is 0 Å². The lowest BCUT2D eigenvalue weighted by Crippen LogP contribution is -2.20. The summed E-state index contributed by atoms with van der Waals surface area (Å²) in [6, 6.07) is 0. The molecule has 1 aliphatic rings. The lowest BCUT2D eigenvalue weighted by molar-refractivity contribution is -0.00126. The molecule has 1 aliphatic heterocycles. The summed E-state index contributed by atoms with van der Waals surface area (Å²) < 4.78 is 7.08. The fourth-order valence-electron chi connectivity index (χ4n) is 1.58. The predicted octanol–water partition coefficient (Wildman–Crippen LogP) is -0.987. The summed E-state index contributed by atoms with van der Waals surface area (Å²) in [4.78, 5) is 14.5. The van der Waals surface area contributed by atoms with Gasteiger partial charge in [0, 0.05) is 6.54 Å². The van der Waals surface area contributed by atoms with E-state index < -0.39 is 5.91 Å². The molecule has 1 saturated heterocycles. The van der Waals surface area contributed by atoms with Gasteiger partial charge in [0.2, 0.25) is 5.82 Å². The molecule has 2 heterocycles. The molecule has 2 atom stereocenters. The third kappa shape index (κ3) is 1.97. The molecular weight excluding hydrogens is 198 g/mol. The van der Waals surface area contributed by atoms with Gasteiger partial charge in [0.25, 0.3) is 5.91 Å². The van der Waals surface area contributed by atoms with E-state index in [1.807, 2.05) is 0 Å². The van der Waals surface area contributed by atoms with Crippen LogP contribution >= 0.6 is 0 Å². The van der Waals surface area contributed by atoms with Crippen LogP contribution in [0.2, 0.25) is 0 Å². The van der Waals surface area contributed by atoms with E-state index in [9.17, 15) is 4.79 Å². The molecule has 0 aliphatic carbocycles. The Morgan fingerprint density at radius 1 is 1.67 bits per heavy atom. The highest BCUT2D eigenvalue weighted by atomic mass is 16.5. The van der Waals surface area contributed by atoms with Gasteiger partial charge in [-0.2, -0.15) is 0 Å². The van der Waals surface area contributed by atoms with Crippen molar-refractivity contribution >= 4 is 5.91 Å². The molecule has 0 saturated carbocycles. The zero-order valence-corrected chi connectivity index (χ0v) is 8.17. The van der Waals surface area contributed by atoms with Crippen LogP contribution in [0.1, 0.15) is 29.7 Å². The number of amides is 1. The summed E-state index contributed by atoms with van der Waals surface area (Å²) in [7, 11) is 0. The number of carbonyl (C=O) groups is 1. The lowest BCUT2D eigenvalue weighted by atomic mass is 10.2. The van der Waals surface area contributed by atoms with E-state index in [2.05, 4.69) is 10.1 Å². The standard InChI is InChI=1S/C8H13N5O2/c9-3-5-1-2-6(15-5)13-4-11-8(12-13)7(10)14/h4-6H,1-3,9H2,(H2,10,14)/t5-,6+/m0/s1. The second-order valence-corrected chi connectivity index (χ2v) is 3.44.